The molecule has 98 valence electrons. The van der Waals surface area contributed by atoms with Crippen LogP contribution in [-0.2, 0) is 0 Å². The first-order valence-electron chi connectivity index (χ1n) is 7.33. The van der Waals surface area contributed by atoms with Gasteiger partial charge in [0, 0.05) is 30.9 Å². The molecule has 1 N–H and O–H groups in total. The van der Waals surface area contributed by atoms with Crippen molar-refractivity contribution in [3.05, 3.63) is 29.3 Å². The van der Waals surface area contributed by atoms with Crippen LogP contribution in [0.4, 0.5) is 5.69 Å². The van der Waals surface area contributed by atoms with E-state index >= 15 is 0 Å². The molecule has 1 heterocycles. The van der Waals surface area contributed by atoms with Crippen LogP contribution in [0.2, 0.25) is 0 Å². The van der Waals surface area contributed by atoms with Crippen LogP contribution in [-0.4, -0.2) is 25.2 Å². The molecule has 0 radical (unpaired) electrons. The standard InChI is InChI=1S/C16H24N2/c1-12-7-8-15(13(2)11-12)18-10-9-17-14-5-3-4-6-16(14)18/h7-8,11,14,16-17H,3-6,9-10H2,1-2H3. The fourth-order valence-electron chi connectivity index (χ4n) is 3.69. The first-order chi connectivity index (χ1) is 8.75. The molecular formula is C16H24N2. The maximum Gasteiger partial charge on any atom is 0.0443 e. The second kappa shape index (κ2) is 4.93. The molecule has 0 bridgehead atoms. The van der Waals surface area contributed by atoms with Crippen molar-refractivity contribution in [2.24, 2.45) is 0 Å². The third kappa shape index (κ3) is 2.14. The molecule has 0 spiro atoms. The normalized spacial score (nSPS) is 28.0. The van der Waals surface area contributed by atoms with E-state index < -0.39 is 0 Å². The molecule has 1 aliphatic heterocycles. The van der Waals surface area contributed by atoms with E-state index in [2.05, 4.69) is 42.3 Å². The van der Waals surface area contributed by atoms with Crippen LogP contribution in [0.5, 0.6) is 0 Å². The van der Waals surface area contributed by atoms with Crippen molar-refractivity contribution in [3.63, 3.8) is 0 Å². The highest BCUT2D eigenvalue weighted by atomic mass is 15.2. The lowest BCUT2D eigenvalue weighted by atomic mass is 9.87. The van der Waals surface area contributed by atoms with Gasteiger partial charge < -0.3 is 10.2 Å². The van der Waals surface area contributed by atoms with Gasteiger partial charge in [0.15, 0.2) is 0 Å². The number of nitrogens with zero attached hydrogens (tertiary/aromatic N) is 1. The summed E-state index contributed by atoms with van der Waals surface area (Å²) >= 11 is 0. The summed E-state index contributed by atoms with van der Waals surface area (Å²) in [7, 11) is 0. The van der Waals surface area contributed by atoms with Gasteiger partial charge in [-0.05, 0) is 38.3 Å². The molecule has 1 aromatic rings. The summed E-state index contributed by atoms with van der Waals surface area (Å²) in [5.41, 5.74) is 4.26. The highest BCUT2D eigenvalue weighted by Gasteiger charge is 2.33. The van der Waals surface area contributed by atoms with Crippen molar-refractivity contribution >= 4 is 5.69 Å². The van der Waals surface area contributed by atoms with E-state index in [0.717, 1.165) is 13.1 Å². The third-order valence-electron chi connectivity index (χ3n) is 4.55. The minimum atomic E-state index is 0.716. The van der Waals surface area contributed by atoms with Crippen LogP contribution in [0.25, 0.3) is 0 Å². The smallest absolute Gasteiger partial charge is 0.0443 e. The number of hydrogen-bond acceptors (Lipinski definition) is 2. The molecule has 2 aliphatic rings. The second-order valence-electron chi connectivity index (χ2n) is 5.90. The number of fused-ring (bicyclic) bond motifs is 1. The Balaban J connectivity index is 1.89. The lowest BCUT2D eigenvalue weighted by Gasteiger charge is -2.46. The summed E-state index contributed by atoms with van der Waals surface area (Å²) in [5, 5.41) is 3.71. The highest BCUT2D eigenvalue weighted by molar-refractivity contribution is 5.56. The Bertz CT molecular complexity index is 425. The molecule has 2 unspecified atom stereocenters. The zero-order valence-corrected chi connectivity index (χ0v) is 11.6. The number of anilines is 1. The SMILES string of the molecule is Cc1ccc(N2CCNC3CCCCC32)c(C)c1. The Labute approximate surface area is 110 Å². The average molecular weight is 244 g/mol. The number of benzene rings is 1. The number of nitrogens with one attached hydrogen (secondary N) is 1. The predicted octanol–water partition coefficient (Wildman–Crippen LogP) is 3.02. The summed E-state index contributed by atoms with van der Waals surface area (Å²) in [6.45, 7) is 6.72. The minimum absolute atomic E-state index is 0.716. The van der Waals surface area contributed by atoms with Crippen molar-refractivity contribution in [1.82, 2.24) is 5.32 Å². The van der Waals surface area contributed by atoms with Gasteiger partial charge in [-0.3, -0.25) is 0 Å². The van der Waals surface area contributed by atoms with Crippen LogP contribution >= 0.6 is 0 Å². The molecule has 1 aromatic carbocycles. The lowest BCUT2D eigenvalue weighted by molar-refractivity contribution is 0.284. The fourth-order valence-corrected chi connectivity index (χ4v) is 3.69. The molecule has 0 aromatic heterocycles. The zero-order chi connectivity index (χ0) is 12.5. The van der Waals surface area contributed by atoms with Crippen LogP contribution < -0.4 is 10.2 Å². The van der Waals surface area contributed by atoms with Gasteiger partial charge in [0.2, 0.25) is 0 Å². The molecule has 2 nitrogen and oxygen atoms in total. The van der Waals surface area contributed by atoms with E-state index in [0.29, 0.717) is 12.1 Å². The monoisotopic (exact) mass is 244 g/mol. The molecule has 0 amide bonds. The summed E-state index contributed by atoms with van der Waals surface area (Å²) in [5.74, 6) is 0. The number of rotatable bonds is 1. The van der Waals surface area contributed by atoms with Crippen molar-refractivity contribution < 1.29 is 0 Å². The number of hydrogen-bond donors (Lipinski definition) is 1. The van der Waals surface area contributed by atoms with Crippen molar-refractivity contribution in [2.45, 2.75) is 51.6 Å². The van der Waals surface area contributed by atoms with Gasteiger partial charge in [0.1, 0.15) is 0 Å². The minimum Gasteiger partial charge on any atom is -0.365 e. The molecule has 1 aliphatic carbocycles. The number of aryl methyl sites for hydroxylation is 2. The molecule has 18 heavy (non-hydrogen) atoms. The van der Waals surface area contributed by atoms with Crippen molar-refractivity contribution in [1.29, 1.82) is 0 Å². The topological polar surface area (TPSA) is 15.3 Å². The van der Waals surface area contributed by atoms with Crippen LogP contribution in [0, 0.1) is 13.8 Å². The van der Waals surface area contributed by atoms with E-state index in [1.54, 1.807) is 0 Å². The Hall–Kier alpha value is -1.02. The molecule has 2 heteroatoms. The zero-order valence-electron chi connectivity index (χ0n) is 11.6. The van der Waals surface area contributed by atoms with E-state index in [4.69, 9.17) is 0 Å². The largest absolute Gasteiger partial charge is 0.365 e. The van der Waals surface area contributed by atoms with Gasteiger partial charge >= 0.3 is 0 Å². The lowest BCUT2D eigenvalue weighted by Crippen LogP contribution is -2.59. The molecule has 1 saturated heterocycles. The first-order valence-corrected chi connectivity index (χ1v) is 7.33. The summed E-state index contributed by atoms with van der Waals surface area (Å²) in [6.07, 6.45) is 5.50. The maximum absolute atomic E-state index is 3.71. The Morgan fingerprint density at radius 2 is 2.00 bits per heavy atom. The van der Waals surface area contributed by atoms with Crippen LogP contribution in [0.15, 0.2) is 18.2 Å². The van der Waals surface area contributed by atoms with E-state index in [1.807, 2.05) is 0 Å². The third-order valence-corrected chi connectivity index (χ3v) is 4.55. The van der Waals surface area contributed by atoms with Gasteiger partial charge in [0.05, 0.1) is 0 Å². The number of piperazine rings is 1. The quantitative estimate of drug-likeness (QED) is 0.817. The van der Waals surface area contributed by atoms with Crippen LogP contribution in [0.3, 0.4) is 0 Å². The van der Waals surface area contributed by atoms with Crippen molar-refractivity contribution in [3.8, 4) is 0 Å². The van der Waals surface area contributed by atoms with Crippen molar-refractivity contribution in [2.75, 3.05) is 18.0 Å². The maximum atomic E-state index is 3.71. The van der Waals surface area contributed by atoms with Gasteiger partial charge in [-0.25, -0.2) is 0 Å². The molecule has 2 fully saturated rings. The highest BCUT2D eigenvalue weighted by Crippen LogP contribution is 2.31. The summed E-state index contributed by atoms with van der Waals surface area (Å²) in [6, 6.07) is 8.32. The molecule has 3 rings (SSSR count). The molecular weight excluding hydrogens is 220 g/mol. The summed E-state index contributed by atoms with van der Waals surface area (Å²) in [4.78, 5) is 2.66. The molecule has 1 saturated carbocycles. The predicted molar refractivity (Wildman–Crippen MR) is 77.3 cm³/mol. The van der Waals surface area contributed by atoms with E-state index in [1.165, 1.54) is 42.5 Å². The Kier molecular flexibility index (Phi) is 3.29. The fraction of sp³-hybridized carbons (Fsp3) is 0.625. The Morgan fingerprint density at radius 3 is 2.83 bits per heavy atom. The van der Waals surface area contributed by atoms with Gasteiger partial charge in [-0.2, -0.15) is 0 Å². The van der Waals surface area contributed by atoms with E-state index in [9.17, 15) is 0 Å². The first kappa shape index (κ1) is 12.0. The van der Waals surface area contributed by atoms with Gasteiger partial charge in [-0.1, -0.05) is 30.5 Å². The summed E-state index contributed by atoms with van der Waals surface area (Å²) < 4.78 is 0. The Morgan fingerprint density at radius 1 is 1.17 bits per heavy atom. The van der Waals surface area contributed by atoms with Gasteiger partial charge in [-0.15, -0.1) is 0 Å². The van der Waals surface area contributed by atoms with E-state index in [-0.39, 0.29) is 0 Å². The molecule has 2 atom stereocenters. The van der Waals surface area contributed by atoms with Gasteiger partial charge in [0.25, 0.3) is 0 Å². The van der Waals surface area contributed by atoms with Crippen LogP contribution in [0.1, 0.15) is 36.8 Å². The average Bonchev–Trinajstić information content (AvgIpc) is 2.38. The second-order valence-corrected chi connectivity index (χ2v) is 5.90.